The van der Waals surface area contributed by atoms with E-state index in [0.717, 1.165) is 29.4 Å². The van der Waals surface area contributed by atoms with Crippen molar-refractivity contribution in [3.8, 4) is 0 Å². The van der Waals surface area contributed by atoms with Crippen LogP contribution >= 0.6 is 23.4 Å². The van der Waals surface area contributed by atoms with Crippen LogP contribution in [-0.4, -0.2) is 6.54 Å². The fourth-order valence-electron chi connectivity index (χ4n) is 1.99. The summed E-state index contributed by atoms with van der Waals surface area (Å²) in [6.07, 6.45) is 1.14. The van der Waals surface area contributed by atoms with E-state index in [1.807, 2.05) is 12.1 Å². The van der Waals surface area contributed by atoms with Gasteiger partial charge in [-0.05, 0) is 43.1 Å². The molecule has 2 rings (SSSR count). The summed E-state index contributed by atoms with van der Waals surface area (Å²) in [5.74, 6) is 0. The molecule has 0 radical (unpaired) electrons. The van der Waals surface area contributed by atoms with Crippen LogP contribution in [0.5, 0.6) is 0 Å². The maximum Gasteiger partial charge on any atom is 0.0548 e. The Labute approximate surface area is 130 Å². The Morgan fingerprint density at radius 2 is 1.90 bits per heavy atom. The third kappa shape index (κ3) is 4.02. The lowest BCUT2D eigenvalue weighted by Crippen LogP contribution is -2.14. The second-order valence-electron chi connectivity index (χ2n) is 4.77. The van der Waals surface area contributed by atoms with Crippen molar-refractivity contribution in [1.82, 2.24) is 5.32 Å². The van der Waals surface area contributed by atoms with E-state index in [0.29, 0.717) is 0 Å². The van der Waals surface area contributed by atoms with Crippen molar-refractivity contribution in [3.05, 3.63) is 58.6 Å². The van der Waals surface area contributed by atoms with E-state index in [-0.39, 0.29) is 0 Å². The Balaban J connectivity index is 2.23. The van der Waals surface area contributed by atoms with Crippen molar-refractivity contribution in [2.75, 3.05) is 6.54 Å². The lowest BCUT2D eigenvalue weighted by molar-refractivity contribution is 0.669. The van der Waals surface area contributed by atoms with E-state index in [1.54, 1.807) is 11.8 Å². The van der Waals surface area contributed by atoms with Gasteiger partial charge in [-0.3, -0.25) is 0 Å². The summed E-state index contributed by atoms with van der Waals surface area (Å²) in [6.45, 7) is 6.20. The van der Waals surface area contributed by atoms with Gasteiger partial charge in [-0.2, -0.15) is 0 Å². The maximum absolute atomic E-state index is 6.40. The molecule has 1 N–H and O–H groups in total. The highest BCUT2D eigenvalue weighted by Gasteiger charge is 2.09. The molecule has 0 aliphatic carbocycles. The topological polar surface area (TPSA) is 12.0 Å². The molecule has 0 aliphatic rings. The zero-order chi connectivity index (χ0) is 14.4. The minimum atomic E-state index is 0.828. The summed E-state index contributed by atoms with van der Waals surface area (Å²) in [6, 6.07) is 14.5. The monoisotopic (exact) mass is 305 g/mol. The largest absolute Gasteiger partial charge is 0.313 e. The Morgan fingerprint density at radius 1 is 1.10 bits per heavy atom. The molecule has 1 nitrogen and oxygen atoms in total. The summed E-state index contributed by atoms with van der Waals surface area (Å²) in [7, 11) is 0. The average molecular weight is 306 g/mol. The Hall–Kier alpha value is -0.960. The summed E-state index contributed by atoms with van der Waals surface area (Å²) in [4.78, 5) is 2.42. The van der Waals surface area contributed by atoms with Crippen LogP contribution in [0, 0.1) is 6.92 Å². The molecule has 0 aromatic heterocycles. The van der Waals surface area contributed by atoms with Gasteiger partial charge in [0, 0.05) is 16.3 Å². The molecular formula is C17H20ClNS. The lowest BCUT2D eigenvalue weighted by atomic mass is 10.2. The van der Waals surface area contributed by atoms with Gasteiger partial charge >= 0.3 is 0 Å². The first-order valence-electron chi connectivity index (χ1n) is 6.94. The molecule has 0 fully saturated rings. The van der Waals surface area contributed by atoms with Gasteiger partial charge in [0.1, 0.15) is 0 Å². The predicted molar refractivity (Wildman–Crippen MR) is 88.8 cm³/mol. The van der Waals surface area contributed by atoms with Crippen LogP contribution in [0.3, 0.4) is 0 Å². The number of aryl methyl sites for hydroxylation is 1. The second kappa shape index (κ2) is 7.72. The van der Waals surface area contributed by atoms with Crippen LogP contribution in [0.1, 0.15) is 24.5 Å². The molecule has 106 valence electrons. The fraction of sp³-hybridized carbons (Fsp3) is 0.294. The number of benzene rings is 2. The van der Waals surface area contributed by atoms with Crippen LogP contribution in [-0.2, 0) is 6.54 Å². The van der Waals surface area contributed by atoms with E-state index in [1.165, 1.54) is 16.0 Å². The van der Waals surface area contributed by atoms with Crippen molar-refractivity contribution in [2.45, 2.75) is 36.6 Å². The lowest BCUT2D eigenvalue weighted by Gasteiger charge is -2.13. The van der Waals surface area contributed by atoms with Gasteiger partial charge in [0.25, 0.3) is 0 Å². The van der Waals surface area contributed by atoms with Gasteiger partial charge in [0.2, 0.25) is 0 Å². The molecule has 3 heteroatoms. The van der Waals surface area contributed by atoms with Crippen molar-refractivity contribution in [2.24, 2.45) is 0 Å². The number of halogens is 1. The molecule has 0 amide bonds. The molecule has 2 aromatic rings. The van der Waals surface area contributed by atoms with Gasteiger partial charge in [-0.1, -0.05) is 60.6 Å². The third-order valence-electron chi connectivity index (χ3n) is 3.10. The minimum absolute atomic E-state index is 0.828. The van der Waals surface area contributed by atoms with Crippen LogP contribution < -0.4 is 5.32 Å². The molecule has 0 unspecified atom stereocenters. The van der Waals surface area contributed by atoms with Gasteiger partial charge < -0.3 is 5.32 Å². The zero-order valence-electron chi connectivity index (χ0n) is 11.9. The van der Waals surface area contributed by atoms with Crippen molar-refractivity contribution >= 4 is 23.4 Å². The standard InChI is InChI=1S/C17H20ClNS/c1-3-11-19-12-14-8-6-9-15(18)17(14)20-16-10-5-4-7-13(16)2/h4-10,19H,3,11-12H2,1-2H3. The Kier molecular flexibility index (Phi) is 5.96. The minimum Gasteiger partial charge on any atom is -0.313 e. The van der Waals surface area contributed by atoms with E-state index in [9.17, 15) is 0 Å². The molecule has 0 aliphatic heterocycles. The van der Waals surface area contributed by atoms with Crippen LogP contribution in [0.15, 0.2) is 52.3 Å². The molecule has 0 spiro atoms. The maximum atomic E-state index is 6.40. The molecule has 0 saturated heterocycles. The van der Waals surface area contributed by atoms with E-state index >= 15 is 0 Å². The summed E-state index contributed by atoms with van der Waals surface area (Å²) >= 11 is 8.15. The summed E-state index contributed by atoms with van der Waals surface area (Å²) in [5, 5.41) is 4.28. The zero-order valence-corrected chi connectivity index (χ0v) is 13.5. The first kappa shape index (κ1) is 15.4. The Morgan fingerprint density at radius 3 is 2.65 bits per heavy atom. The van der Waals surface area contributed by atoms with Gasteiger partial charge in [-0.25, -0.2) is 0 Å². The van der Waals surface area contributed by atoms with Crippen molar-refractivity contribution < 1.29 is 0 Å². The van der Waals surface area contributed by atoms with Crippen LogP contribution in [0.25, 0.3) is 0 Å². The molecule has 2 aromatic carbocycles. The van der Waals surface area contributed by atoms with Gasteiger partial charge in [-0.15, -0.1) is 0 Å². The quantitative estimate of drug-likeness (QED) is 0.727. The molecule has 0 heterocycles. The highest BCUT2D eigenvalue weighted by atomic mass is 35.5. The molecule has 20 heavy (non-hydrogen) atoms. The SMILES string of the molecule is CCCNCc1cccc(Cl)c1Sc1ccccc1C. The average Bonchev–Trinajstić information content (AvgIpc) is 2.44. The first-order chi connectivity index (χ1) is 9.72. The normalized spacial score (nSPS) is 10.8. The first-order valence-corrected chi connectivity index (χ1v) is 8.13. The second-order valence-corrected chi connectivity index (χ2v) is 6.23. The highest BCUT2D eigenvalue weighted by molar-refractivity contribution is 7.99. The number of nitrogens with one attached hydrogen (secondary N) is 1. The summed E-state index contributed by atoms with van der Waals surface area (Å²) in [5.41, 5.74) is 2.55. The summed E-state index contributed by atoms with van der Waals surface area (Å²) < 4.78 is 0. The molecule has 0 saturated carbocycles. The van der Waals surface area contributed by atoms with Crippen molar-refractivity contribution in [3.63, 3.8) is 0 Å². The molecule has 0 bridgehead atoms. The fourth-order valence-corrected chi connectivity index (χ4v) is 3.33. The number of hydrogen-bond acceptors (Lipinski definition) is 2. The predicted octanol–water partition coefficient (Wildman–Crippen LogP) is 5.30. The smallest absolute Gasteiger partial charge is 0.0548 e. The molecular weight excluding hydrogens is 286 g/mol. The van der Waals surface area contributed by atoms with Crippen LogP contribution in [0.4, 0.5) is 0 Å². The van der Waals surface area contributed by atoms with Gasteiger partial charge in [0.15, 0.2) is 0 Å². The van der Waals surface area contributed by atoms with Crippen LogP contribution in [0.2, 0.25) is 5.02 Å². The third-order valence-corrected chi connectivity index (χ3v) is 4.89. The van der Waals surface area contributed by atoms with E-state index < -0.39 is 0 Å². The number of rotatable bonds is 6. The van der Waals surface area contributed by atoms with Crippen molar-refractivity contribution in [1.29, 1.82) is 0 Å². The van der Waals surface area contributed by atoms with E-state index in [2.05, 4.69) is 49.5 Å². The van der Waals surface area contributed by atoms with E-state index in [4.69, 9.17) is 11.6 Å². The number of hydrogen-bond donors (Lipinski definition) is 1. The van der Waals surface area contributed by atoms with Gasteiger partial charge in [0.05, 0.1) is 5.02 Å². The molecule has 0 atom stereocenters. The highest BCUT2D eigenvalue weighted by Crippen LogP contribution is 2.37. The Bertz CT molecular complexity index is 569.